The maximum atomic E-state index is 13.3. The van der Waals surface area contributed by atoms with E-state index in [1.54, 1.807) is 19.1 Å². The fourth-order valence-electron chi connectivity index (χ4n) is 2.31. The molecule has 104 valence electrons. The van der Waals surface area contributed by atoms with Gasteiger partial charge in [0.2, 0.25) is 0 Å². The molecule has 0 aliphatic rings. The molecule has 0 bridgehead atoms. The van der Waals surface area contributed by atoms with Crippen molar-refractivity contribution in [3.05, 3.63) is 35.8 Å². The van der Waals surface area contributed by atoms with Crippen LogP contribution in [0.15, 0.2) is 24.3 Å². The Morgan fingerprint density at radius 3 is 2.53 bits per heavy atom. The lowest BCUT2D eigenvalue weighted by Gasteiger charge is -2.14. The summed E-state index contributed by atoms with van der Waals surface area (Å²) < 4.78 is 38.8. The van der Waals surface area contributed by atoms with E-state index in [0.29, 0.717) is 0 Å². The maximum Gasteiger partial charge on any atom is 0.155 e. The van der Waals surface area contributed by atoms with Gasteiger partial charge in [0.1, 0.15) is 5.82 Å². The molecule has 0 aliphatic carbocycles. The molecule has 1 heterocycles. The zero-order valence-electron chi connectivity index (χ0n) is 11.4. The van der Waals surface area contributed by atoms with Gasteiger partial charge in [-0.2, -0.15) is 0 Å². The Kier molecular flexibility index (Phi) is 3.67. The minimum atomic E-state index is -3.10. The molecule has 1 aromatic heterocycles. The molecule has 0 amide bonds. The Morgan fingerprint density at radius 1 is 1.26 bits per heavy atom. The number of halogens is 1. The summed E-state index contributed by atoms with van der Waals surface area (Å²) in [5.41, 5.74) is 1.59. The van der Waals surface area contributed by atoms with Gasteiger partial charge in [-0.1, -0.05) is 6.92 Å². The SMILES string of the molecule is CCS(=O)(=O)Cc1cc2cc(F)ccc2n1C(C)C. The number of hydrogen-bond acceptors (Lipinski definition) is 2. The first-order valence-corrected chi connectivity index (χ1v) is 8.16. The number of nitrogens with zero attached hydrogens (tertiary/aromatic N) is 1. The molecule has 5 heteroatoms. The van der Waals surface area contributed by atoms with Crippen molar-refractivity contribution in [3.63, 3.8) is 0 Å². The van der Waals surface area contributed by atoms with Crippen LogP contribution in [0.2, 0.25) is 0 Å². The number of hydrogen-bond donors (Lipinski definition) is 0. The second-order valence-electron chi connectivity index (χ2n) is 4.98. The minimum absolute atomic E-state index is 0.00200. The van der Waals surface area contributed by atoms with Crippen molar-refractivity contribution in [3.8, 4) is 0 Å². The van der Waals surface area contributed by atoms with Crippen LogP contribution in [0.1, 0.15) is 32.5 Å². The topological polar surface area (TPSA) is 39.1 Å². The van der Waals surface area contributed by atoms with E-state index >= 15 is 0 Å². The molecule has 0 saturated heterocycles. The standard InChI is InChI=1S/C14H18FNO2S/c1-4-19(17,18)9-13-8-11-7-12(15)5-6-14(11)16(13)10(2)3/h5-8,10H,4,9H2,1-3H3. The van der Waals surface area contributed by atoms with Gasteiger partial charge in [-0.15, -0.1) is 0 Å². The van der Waals surface area contributed by atoms with Crippen LogP contribution in [0, 0.1) is 5.82 Å². The second kappa shape index (κ2) is 4.96. The normalized spacial score (nSPS) is 12.5. The minimum Gasteiger partial charge on any atom is -0.341 e. The Morgan fingerprint density at radius 2 is 1.95 bits per heavy atom. The third kappa shape index (κ3) is 2.81. The summed E-state index contributed by atoms with van der Waals surface area (Å²) in [6.07, 6.45) is 0. The third-order valence-electron chi connectivity index (χ3n) is 3.20. The first kappa shape index (κ1) is 14.1. The van der Waals surface area contributed by atoms with Crippen LogP contribution in [-0.4, -0.2) is 18.7 Å². The molecule has 2 aromatic rings. The van der Waals surface area contributed by atoms with E-state index in [1.807, 2.05) is 18.4 Å². The molecular weight excluding hydrogens is 265 g/mol. The van der Waals surface area contributed by atoms with Gasteiger partial charge in [0, 0.05) is 28.4 Å². The molecule has 0 spiro atoms. The highest BCUT2D eigenvalue weighted by atomic mass is 32.2. The van der Waals surface area contributed by atoms with E-state index in [0.717, 1.165) is 16.6 Å². The Labute approximate surface area is 113 Å². The van der Waals surface area contributed by atoms with Crippen LogP contribution in [0.5, 0.6) is 0 Å². The van der Waals surface area contributed by atoms with Crippen molar-refractivity contribution in [1.82, 2.24) is 4.57 Å². The number of fused-ring (bicyclic) bond motifs is 1. The van der Waals surface area contributed by atoms with Crippen LogP contribution in [0.4, 0.5) is 4.39 Å². The molecule has 0 aliphatic heterocycles. The molecule has 1 aromatic carbocycles. The summed E-state index contributed by atoms with van der Waals surface area (Å²) in [5, 5.41) is 0.745. The highest BCUT2D eigenvalue weighted by Crippen LogP contribution is 2.26. The molecular formula is C14H18FNO2S. The van der Waals surface area contributed by atoms with Crippen molar-refractivity contribution in [2.45, 2.75) is 32.6 Å². The molecule has 0 fully saturated rings. The van der Waals surface area contributed by atoms with Gasteiger partial charge in [0.15, 0.2) is 9.84 Å². The summed E-state index contributed by atoms with van der Waals surface area (Å²) in [6.45, 7) is 5.62. The smallest absolute Gasteiger partial charge is 0.155 e. The predicted octanol–water partition coefficient (Wildman–Crippen LogP) is 3.30. The van der Waals surface area contributed by atoms with Crippen LogP contribution >= 0.6 is 0 Å². The van der Waals surface area contributed by atoms with Gasteiger partial charge in [-0.25, -0.2) is 12.8 Å². The number of sulfone groups is 1. The zero-order valence-corrected chi connectivity index (χ0v) is 12.2. The maximum absolute atomic E-state index is 13.3. The average Bonchev–Trinajstić information content (AvgIpc) is 2.65. The van der Waals surface area contributed by atoms with Crippen molar-refractivity contribution in [2.24, 2.45) is 0 Å². The van der Waals surface area contributed by atoms with E-state index in [1.165, 1.54) is 12.1 Å². The van der Waals surface area contributed by atoms with Gasteiger partial charge >= 0.3 is 0 Å². The summed E-state index contributed by atoms with van der Waals surface area (Å²) in [6, 6.07) is 6.44. The molecule has 3 nitrogen and oxygen atoms in total. The van der Waals surface area contributed by atoms with Crippen LogP contribution in [0.25, 0.3) is 10.9 Å². The Bertz CT molecular complexity index is 702. The molecule has 19 heavy (non-hydrogen) atoms. The fourth-order valence-corrected chi connectivity index (χ4v) is 3.19. The number of benzene rings is 1. The lowest BCUT2D eigenvalue weighted by molar-refractivity contribution is 0.581. The van der Waals surface area contributed by atoms with Crippen LogP contribution in [0.3, 0.4) is 0 Å². The van der Waals surface area contributed by atoms with Gasteiger partial charge in [0.25, 0.3) is 0 Å². The van der Waals surface area contributed by atoms with Crippen molar-refractivity contribution in [1.29, 1.82) is 0 Å². The Hall–Kier alpha value is -1.36. The van der Waals surface area contributed by atoms with Gasteiger partial charge in [0.05, 0.1) is 5.75 Å². The second-order valence-corrected chi connectivity index (χ2v) is 7.33. The molecule has 0 unspecified atom stereocenters. The highest BCUT2D eigenvalue weighted by molar-refractivity contribution is 7.90. The van der Waals surface area contributed by atoms with E-state index in [2.05, 4.69) is 0 Å². The summed E-state index contributed by atoms with van der Waals surface area (Å²) in [4.78, 5) is 0. The Balaban J connectivity index is 2.63. The van der Waals surface area contributed by atoms with Crippen molar-refractivity contribution in [2.75, 3.05) is 5.75 Å². The monoisotopic (exact) mass is 283 g/mol. The van der Waals surface area contributed by atoms with E-state index < -0.39 is 9.84 Å². The van der Waals surface area contributed by atoms with E-state index in [9.17, 15) is 12.8 Å². The van der Waals surface area contributed by atoms with Crippen molar-refractivity contribution < 1.29 is 12.8 Å². The molecule has 0 saturated carbocycles. The average molecular weight is 283 g/mol. The van der Waals surface area contributed by atoms with Crippen molar-refractivity contribution >= 4 is 20.7 Å². The van der Waals surface area contributed by atoms with Crippen LogP contribution < -0.4 is 0 Å². The van der Waals surface area contributed by atoms with E-state index in [-0.39, 0.29) is 23.4 Å². The zero-order chi connectivity index (χ0) is 14.2. The van der Waals surface area contributed by atoms with Gasteiger partial charge < -0.3 is 4.57 Å². The number of aromatic nitrogens is 1. The fraction of sp³-hybridized carbons (Fsp3) is 0.429. The van der Waals surface area contributed by atoms with E-state index in [4.69, 9.17) is 0 Å². The molecule has 0 atom stereocenters. The lowest BCUT2D eigenvalue weighted by atomic mass is 10.2. The number of rotatable bonds is 4. The van der Waals surface area contributed by atoms with Crippen LogP contribution in [-0.2, 0) is 15.6 Å². The quantitative estimate of drug-likeness (QED) is 0.863. The van der Waals surface area contributed by atoms with Gasteiger partial charge in [-0.3, -0.25) is 0 Å². The predicted molar refractivity (Wildman–Crippen MR) is 75.4 cm³/mol. The summed E-state index contributed by atoms with van der Waals surface area (Å²) in [7, 11) is -3.10. The highest BCUT2D eigenvalue weighted by Gasteiger charge is 2.17. The third-order valence-corrected chi connectivity index (χ3v) is 4.82. The molecule has 0 N–H and O–H groups in total. The largest absolute Gasteiger partial charge is 0.341 e. The summed E-state index contributed by atoms with van der Waals surface area (Å²) >= 11 is 0. The van der Waals surface area contributed by atoms with Gasteiger partial charge in [-0.05, 0) is 38.1 Å². The summed E-state index contributed by atoms with van der Waals surface area (Å²) in [5.74, 6) is -0.197. The molecule has 2 rings (SSSR count). The first-order valence-electron chi connectivity index (χ1n) is 6.34. The first-order chi connectivity index (χ1) is 8.84. The lowest BCUT2D eigenvalue weighted by Crippen LogP contribution is -2.12. The molecule has 0 radical (unpaired) electrons.